The highest BCUT2D eigenvalue weighted by molar-refractivity contribution is 5.73. The number of rotatable bonds is 4. The lowest BCUT2D eigenvalue weighted by Gasteiger charge is -1.98. The van der Waals surface area contributed by atoms with Crippen molar-refractivity contribution in [2.45, 2.75) is 25.3 Å². The minimum absolute atomic E-state index is 0.774. The Hall–Kier alpha value is -1.42. The van der Waals surface area contributed by atoms with E-state index in [2.05, 4.69) is 20.3 Å². The molecule has 0 amide bonds. The van der Waals surface area contributed by atoms with E-state index in [4.69, 9.17) is 0 Å². The van der Waals surface area contributed by atoms with Crippen LogP contribution in [0, 0.1) is 0 Å². The van der Waals surface area contributed by atoms with Crippen LogP contribution in [0.3, 0.4) is 0 Å². The summed E-state index contributed by atoms with van der Waals surface area (Å²) >= 11 is 0. The van der Waals surface area contributed by atoms with Gasteiger partial charge in [-0.15, -0.1) is 0 Å². The average Bonchev–Trinajstić information content (AvgIpc) is 2.97. The highest BCUT2D eigenvalue weighted by Crippen LogP contribution is 2.18. The van der Waals surface area contributed by atoms with Gasteiger partial charge in [-0.25, -0.2) is 4.98 Å². The van der Waals surface area contributed by atoms with Crippen molar-refractivity contribution in [3.05, 3.63) is 24.3 Å². The minimum atomic E-state index is 0.774. The Labute approximate surface area is 88.1 Å². The van der Waals surface area contributed by atoms with Crippen molar-refractivity contribution in [3.63, 3.8) is 0 Å². The Morgan fingerprint density at radius 2 is 2.40 bits per heavy atom. The van der Waals surface area contributed by atoms with Gasteiger partial charge in [-0.1, -0.05) is 0 Å². The van der Waals surface area contributed by atoms with Gasteiger partial charge in [0.05, 0.1) is 17.2 Å². The molecule has 0 saturated heterocycles. The molecule has 0 unspecified atom stereocenters. The second kappa shape index (κ2) is 3.62. The predicted molar refractivity (Wildman–Crippen MR) is 58.6 cm³/mol. The number of imidazole rings is 1. The zero-order valence-corrected chi connectivity index (χ0v) is 8.53. The van der Waals surface area contributed by atoms with Crippen molar-refractivity contribution < 1.29 is 0 Å². The molecule has 0 aliphatic heterocycles. The van der Waals surface area contributed by atoms with Crippen LogP contribution in [0.5, 0.6) is 0 Å². The van der Waals surface area contributed by atoms with Crippen LogP contribution in [0.25, 0.3) is 11.0 Å². The van der Waals surface area contributed by atoms with Crippen molar-refractivity contribution in [3.8, 4) is 0 Å². The van der Waals surface area contributed by atoms with Gasteiger partial charge in [0.25, 0.3) is 0 Å². The number of hydrogen-bond donors (Lipinski definition) is 2. The summed E-state index contributed by atoms with van der Waals surface area (Å²) in [4.78, 5) is 11.8. The normalized spacial score (nSPS) is 16.0. The molecule has 0 spiro atoms. The number of nitrogens with one attached hydrogen (secondary N) is 2. The standard InChI is InChI=1S/C11H14N4/c1-2-8(1)13-6-4-11-14-9-3-5-12-7-10(9)15-11/h3,5,7-8,13H,1-2,4,6H2,(H,14,15). The first-order valence-electron chi connectivity index (χ1n) is 5.44. The number of aromatic amines is 1. The van der Waals surface area contributed by atoms with E-state index >= 15 is 0 Å². The molecule has 0 aromatic carbocycles. The number of nitrogens with zero attached hydrogens (tertiary/aromatic N) is 2. The first-order chi connectivity index (χ1) is 7.42. The van der Waals surface area contributed by atoms with Crippen molar-refractivity contribution in [2.75, 3.05) is 6.54 Å². The second-order valence-corrected chi connectivity index (χ2v) is 4.05. The Bertz CT molecular complexity index is 425. The van der Waals surface area contributed by atoms with Crippen molar-refractivity contribution in [1.29, 1.82) is 0 Å². The molecule has 3 rings (SSSR count). The van der Waals surface area contributed by atoms with Crippen LogP contribution in [0.15, 0.2) is 18.5 Å². The van der Waals surface area contributed by atoms with Crippen LogP contribution in [0.2, 0.25) is 0 Å². The third kappa shape index (κ3) is 1.99. The maximum Gasteiger partial charge on any atom is 0.108 e. The van der Waals surface area contributed by atoms with Gasteiger partial charge in [0.15, 0.2) is 0 Å². The molecule has 78 valence electrons. The molecule has 2 heterocycles. The number of pyridine rings is 1. The van der Waals surface area contributed by atoms with Gasteiger partial charge in [0.1, 0.15) is 5.82 Å². The topological polar surface area (TPSA) is 53.6 Å². The molecule has 15 heavy (non-hydrogen) atoms. The van der Waals surface area contributed by atoms with E-state index in [0.717, 1.165) is 35.9 Å². The number of H-pyrrole nitrogens is 1. The van der Waals surface area contributed by atoms with Gasteiger partial charge in [0, 0.05) is 25.2 Å². The maximum absolute atomic E-state index is 4.49. The molecule has 2 N–H and O–H groups in total. The van der Waals surface area contributed by atoms with Crippen LogP contribution >= 0.6 is 0 Å². The molecule has 1 saturated carbocycles. The third-order valence-electron chi connectivity index (χ3n) is 2.70. The number of fused-ring (bicyclic) bond motifs is 1. The Morgan fingerprint density at radius 3 is 3.20 bits per heavy atom. The van der Waals surface area contributed by atoms with E-state index in [0.29, 0.717) is 0 Å². The fourth-order valence-electron chi connectivity index (χ4n) is 1.71. The average molecular weight is 202 g/mol. The molecule has 2 aromatic heterocycles. The smallest absolute Gasteiger partial charge is 0.108 e. The fourth-order valence-corrected chi connectivity index (χ4v) is 1.71. The molecular formula is C11H14N4. The van der Waals surface area contributed by atoms with Gasteiger partial charge in [0.2, 0.25) is 0 Å². The molecule has 0 atom stereocenters. The Kier molecular flexibility index (Phi) is 2.14. The van der Waals surface area contributed by atoms with Gasteiger partial charge >= 0.3 is 0 Å². The van der Waals surface area contributed by atoms with Crippen molar-refractivity contribution >= 4 is 11.0 Å². The summed E-state index contributed by atoms with van der Waals surface area (Å²) < 4.78 is 0. The highest BCUT2D eigenvalue weighted by atomic mass is 15.0. The summed E-state index contributed by atoms with van der Waals surface area (Å²) in [6, 6.07) is 2.71. The molecule has 2 aromatic rings. The largest absolute Gasteiger partial charge is 0.341 e. The Balaban J connectivity index is 1.68. The zero-order chi connectivity index (χ0) is 10.1. The van der Waals surface area contributed by atoms with E-state index in [9.17, 15) is 0 Å². The van der Waals surface area contributed by atoms with Crippen molar-refractivity contribution in [2.24, 2.45) is 0 Å². The van der Waals surface area contributed by atoms with Crippen LogP contribution < -0.4 is 5.32 Å². The second-order valence-electron chi connectivity index (χ2n) is 4.05. The van der Waals surface area contributed by atoms with E-state index in [1.807, 2.05) is 12.3 Å². The number of hydrogen-bond acceptors (Lipinski definition) is 3. The van der Waals surface area contributed by atoms with E-state index in [1.54, 1.807) is 6.20 Å². The van der Waals surface area contributed by atoms with E-state index in [-0.39, 0.29) is 0 Å². The lowest BCUT2D eigenvalue weighted by molar-refractivity contribution is 0.670. The lowest BCUT2D eigenvalue weighted by Crippen LogP contribution is -2.19. The van der Waals surface area contributed by atoms with Crippen LogP contribution in [0.1, 0.15) is 18.7 Å². The molecule has 1 fully saturated rings. The van der Waals surface area contributed by atoms with Crippen molar-refractivity contribution in [1.82, 2.24) is 20.3 Å². The number of aromatic nitrogens is 3. The molecule has 0 radical (unpaired) electrons. The predicted octanol–water partition coefficient (Wildman–Crippen LogP) is 1.25. The van der Waals surface area contributed by atoms with Crippen LogP contribution in [-0.4, -0.2) is 27.5 Å². The monoisotopic (exact) mass is 202 g/mol. The van der Waals surface area contributed by atoms with E-state index < -0.39 is 0 Å². The summed E-state index contributed by atoms with van der Waals surface area (Å²) in [7, 11) is 0. The highest BCUT2D eigenvalue weighted by Gasteiger charge is 2.19. The van der Waals surface area contributed by atoms with Gasteiger partial charge < -0.3 is 10.3 Å². The molecular weight excluding hydrogens is 188 g/mol. The quantitative estimate of drug-likeness (QED) is 0.784. The maximum atomic E-state index is 4.49. The molecule has 4 nitrogen and oxygen atoms in total. The van der Waals surface area contributed by atoms with Gasteiger partial charge in [-0.3, -0.25) is 4.98 Å². The summed E-state index contributed by atoms with van der Waals surface area (Å²) in [5.74, 6) is 1.05. The summed E-state index contributed by atoms with van der Waals surface area (Å²) in [6.07, 6.45) is 7.23. The minimum Gasteiger partial charge on any atom is -0.341 e. The summed E-state index contributed by atoms with van der Waals surface area (Å²) in [5.41, 5.74) is 2.03. The molecule has 1 aliphatic carbocycles. The summed E-state index contributed by atoms with van der Waals surface area (Å²) in [5, 5.41) is 3.47. The lowest BCUT2D eigenvalue weighted by atomic mass is 10.4. The van der Waals surface area contributed by atoms with Crippen LogP contribution in [-0.2, 0) is 6.42 Å². The fraction of sp³-hybridized carbons (Fsp3) is 0.455. The van der Waals surface area contributed by atoms with Gasteiger partial charge in [-0.2, -0.15) is 0 Å². The first kappa shape index (κ1) is 8.85. The summed E-state index contributed by atoms with van der Waals surface area (Å²) in [6.45, 7) is 1.01. The van der Waals surface area contributed by atoms with E-state index in [1.165, 1.54) is 12.8 Å². The van der Waals surface area contributed by atoms with Gasteiger partial charge in [-0.05, 0) is 18.9 Å². The van der Waals surface area contributed by atoms with Crippen LogP contribution in [0.4, 0.5) is 0 Å². The SMILES string of the molecule is c1cc2nc(CCNC3CC3)[nH]c2cn1. The molecule has 0 bridgehead atoms. The third-order valence-corrected chi connectivity index (χ3v) is 2.70. The molecule has 1 aliphatic rings. The first-order valence-corrected chi connectivity index (χ1v) is 5.44. The molecule has 4 heteroatoms. The zero-order valence-electron chi connectivity index (χ0n) is 8.53. The Morgan fingerprint density at radius 1 is 1.47 bits per heavy atom.